The van der Waals surface area contributed by atoms with E-state index in [4.69, 9.17) is 0 Å². The van der Waals surface area contributed by atoms with Gasteiger partial charge in [-0.05, 0) is 26.0 Å². The van der Waals surface area contributed by atoms with Crippen LogP contribution in [0.15, 0.2) is 12.1 Å². The zero-order valence-electron chi connectivity index (χ0n) is 9.48. The van der Waals surface area contributed by atoms with Gasteiger partial charge in [-0.1, -0.05) is 0 Å². The molecule has 0 aliphatic heterocycles. The molecule has 1 amide bonds. The molecular formula is C11H13F3N2O. The van der Waals surface area contributed by atoms with E-state index >= 15 is 0 Å². The number of carbonyl (C=O) groups is 1. The van der Waals surface area contributed by atoms with E-state index in [1.54, 1.807) is 13.8 Å². The van der Waals surface area contributed by atoms with Gasteiger partial charge >= 0.3 is 0 Å². The van der Waals surface area contributed by atoms with Crippen LogP contribution < -0.4 is 10.6 Å². The number of amides is 1. The van der Waals surface area contributed by atoms with E-state index in [2.05, 4.69) is 10.6 Å². The highest BCUT2D eigenvalue weighted by molar-refractivity contribution is 5.80. The summed E-state index contributed by atoms with van der Waals surface area (Å²) in [7, 11) is 0. The minimum Gasteiger partial charge on any atom is -0.374 e. The predicted molar refractivity (Wildman–Crippen MR) is 58.1 cm³/mol. The molecule has 1 aromatic carbocycles. The summed E-state index contributed by atoms with van der Waals surface area (Å²) in [6.07, 6.45) is 0. The van der Waals surface area contributed by atoms with Gasteiger partial charge < -0.3 is 10.6 Å². The molecule has 0 saturated carbocycles. The highest BCUT2D eigenvalue weighted by Gasteiger charge is 2.13. The molecule has 0 aromatic heterocycles. The fraction of sp³-hybridized carbons (Fsp3) is 0.364. The standard InChI is InChI=1S/C11H13F3N2O/c1-6(2)16-9(17)5-15-8-4-3-7(12)10(13)11(8)14/h3-4,6,15H,5H2,1-2H3,(H,16,17). The summed E-state index contributed by atoms with van der Waals surface area (Å²) in [6.45, 7) is 3.34. The summed E-state index contributed by atoms with van der Waals surface area (Å²) < 4.78 is 38.6. The van der Waals surface area contributed by atoms with Crippen LogP contribution in [-0.2, 0) is 4.79 Å². The molecule has 6 heteroatoms. The monoisotopic (exact) mass is 246 g/mol. The molecule has 0 atom stereocenters. The molecule has 0 bridgehead atoms. The molecule has 94 valence electrons. The Kier molecular flexibility index (Phi) is 4.37. The number of benzene rings is 1. The maximum Gasteiger partial charge on any atom is 0.239 e. The SMILES string of the molecule is CC(C)NC(=O)CNc1ccc(F)c(F)c1F. The number of halogens is 3. The number of hydrogen-bond donors (Lipinski definition) is 2. The molecule has 0 aliphatic carbocycles. The number of anilines is 1. The fourth-order valence-corrected chi connectivity index (χ4v) is 1.21. The van der Waals surface area contributed by atoms with Crippen molar-refractivity contribution in [2.75, 3.05) is 11.9 Å². The van der Waals surface area contributed by atoms with E-state index in [9.17, 15) is 18.0 Å². The van der Waals surface area contributed by atoms with Crippen LogP contribution in [0.4, 0.5) is 18.9 Å². The van der Waals surface area contributed by atoms with Crippen LogP contribution in [0.5, 0.6) is 0 Å². The molecule has 0 unspecified atom stereocenters. The van der Waals surface area contributed by atoms with Crippen LogP contribution in [-0.4, -0.2) is 18.5 Å². The van der Waals surface area contributed by atoms with Crippen molar-refractivity contribution in [1.29, 1.82) is 0 Å². The summed E-state index contributed by atoms with van der Waals surface area (Å²) in [6, 6.07) is 1.79. The molecule has 1 rings (SSSR count). The van der Waals surface area contributed by atoms with E-state index in [0.29, 0.717) is 0 Å². The second-order valence-corrected chi connectivity index (χ2v) is 3.80. The van der Waals surface area contributed by atoms with Gasteiger partial charge in [-0.2, -0.15) is 0 Å². The second-order valence-electron chi connectivity index (χ2n) is 3.80. The first-order valence-electron chi connectivity index (χ1n) is 5.08. The van der Waals surface area contributed by atoms with Gasteiger partial charge in [0.25, 0.3) is 0 Å². The van der Waals surface area contributed by atoms with Crippen molar-refractivity contribution in [3.8, 4) is 0 Å². The van der Waals surface area contributed by atoms with Crippen molar-refractivity contribution in [3.05, 3.63) is 29.6 Å². The minimum atomic E-state index is -1.56. The second kappa shape index (κ2) is 5.56. The van der Waals surface area contributed by atoms with Crippen molar-refractivity contribution in [1.82, 2.24) is 5.32 Å². The Hall–Kier alpha value is -1.72. The van der Waals surface area contributed by atoms with Crippen molar-refractivity contribution in [3.63, 3.8) is 0 Å². The normalized spacial score (nSPS) is 10.5. The van der Waals surface area contributed by atoms with Gasteiger partial charge in [-0.25, -0.2) is 13.2 Å². The Morgan fingerprint density at radius 3 is 2.47 bits per heavy atom. The number of nitrogens with one attached hydrogen (secondary N) is 2. The number of carbonyl (C=O) groups excluding carboxylic acids is 1. The highest BCUT2D eigenvalue weighted by Crippen LogP contribution is 2.19. The Bertz CT molecular complexity index is 421. The average Bonchev–Trinajstić information content (AvgIpc) is 2.24. The summed E-state index contributed by atoms with van der Waals surface area (Å²) in [5, 5.41) is 4.96. The van der Waals surface area contributed by atoms with Gasteiger partial charge in [-0.15, -0.1) is 0 Å². The lowest BCUT2D eigenvalue weighted by molar-refractivity contribution is -0.119. The fourth-order valence-electron chi connectivity index (χ4n) is 1.21. The predicted octanol–water partition coefficient (Wildman–Crippen LogP) is 2.04. The maximum atomic E-state index is 13.2. The summed E-state index contributed by atoms with van der Waals surface area (Å²) >= 11 is 0. The van der Waals surface area contributed by atoms with Crippen LogP contribution >= 0.6 is 0 Å². The molecule has 0 aliphatic rings. The van der Waals surface area contributed by atoms with Crippen molar-refractivity contribution < 1.29 is 18.0 Å². The first-order chi connectivity index (χ1) is 7.91. The first-order valence-corrected chi connectivity index (χ1v) is 5.08. The zero-order chi connectivity index (χ0) is 13.0. The highest BCUT2D eigenvalue weighted by atomic mass is 19.2. The van der Waals surface area contributed by atoms with E-state index in [1.165, 1.54) is 0 Å². The summed E-state index contributed by atoms with van der Waals surface area (Å²) in [5.74, 6) is -4.51. The minimum absolute atomic E-state index is 0.0425. The summed E-state index contributed by atoms with van der Waals surface area (Å²) in [4.78, 5) is 11.2. The summed E-state index contributed by atoms with van der Waals surface area (Å²) in [5.41, 5.74) is -0.247. The Balaban J connectivity index is 2.64. The molecule has 2 N–H and O–H groups in total. The molecule has 0 saturated heterocycles. The van der Waals surface area contributed by atoms with Gasteiger partial charge in [0.1, 0.15) is 0 Å². The van der Waals surface area contributed by atoms with Crippen LogP contribution in [0.25, 0.3) is 0 Å². The van der Waals surface area contributed by atoms with E-state index in [-0.39, 0.29) is 24.2 Å². The van der Waals surface area contributed by atoms with E-state index in [0.717, 1.165) is 12.1 Å². The van der Waals surface area contributed by atoms with Crippen LogP contribution in [0.3, 0.4) is 0 Å². The van der Waals surface area contributed by atoms with Gasteiger partial charge in [0.15, 0.2) is 17.5 Å². The third-order valence-corrected chi connectivity index (χ3v) is 1.92. The van der Waals surface area contributed by atoms with Gasteiger partial charge in [0.05, 0.1) is 12.2 Å². The molecular weight excluding hydrogens is 233 g/mol. The van der Waals surface area contributed by atoms with E-state index in [1.807, 2.05) is 0 Å². The third kappa shape index (κ3) is 3.65. The average molecular weight is 246 g/mol. The Labute approximate surface area is 97.0 Å². The maximum absolute atomic E-state index is 13.2. The Morgan fingerprint density at radius 1 is 1.24 bits per heavy atom. The molecule has 0 heterocycles. The quantitative estimate of drug-likeness (QED) is 0.798. The molecule has 0 radical (unpaired) electrons. The van der Waals surface area contributed by atoms with Crippen molar-refractivity contribution in [2.24, 2.45) is 0 Å². The van der Waals surface area contributed by atoms with Gasteiger partial charge in [-0.3, -0.25) is 4.79 Å². The first kappa shape index (κ1) is 13.3. The largest absolute Gasteiger partial charge is 0.374 e. The van der Waals surface area contributed by atoms with Crippen molar-refractivity contribution >= 4 is 11.6 Å². The van der Waals surface area contributed by atoms with E-state index < -0.39 is 17.5 Å². The van der Waals surface area contributed by atoms with Gasteiger partial charge in [0, 0.05) is 6.04 Å². The number of hydrogen-bond acceptors (Lipinski definition) is 2. The van der Waals surface area contributed by atoms with Crippen LogP contribution in [0.1, 0.15) is 13.8 Å². The molecule has 0 spiro atoms. The topological polar surface area (TPSA) is 41.1 Å². The number of rotatable bonds is 4. The smallest absolute Gasteiger partial charge is 0.239 e. The lowest BCUT2D eigenvalue weighted by atomic mass is 10.2. The van der Waals surface area contributed by atoms with Gasteiger partial charge in [0.2, 0.25) is 5.91 Å². The molecule has 3 nitrogen and oxygen atoms in total. The van der Waals surface area contributed by atoms with Crippen LogP contribution in [0, 0.1) is 17.5 Å². The lowest BCUT2D eigenvalue weighted by Gasteiger charge is -2.10. The third-order valence-electron chi connectivity index (χ3n) is 1.92. The Morgan fingerprint density at radius 2 is 1.88 bits per heavy atom. The van der Waals surface area contributed by atoms with Crippen LogP contribution in [0.2, 0.25) is 0 Å². The lowest BCUT2D eigenvalue weighted by Crippen LogP contribution is -2.35. The zero-order valence-corrected chi connectivity index (χ0v) is 9.48. The molecule has 17 heavy (non-hydrogen) atoms. The molecule has 0 fully saturated rings. The van der Waals surface area contributed by atoms with Crippen molar-refractivity contribution in [2.45, 2.75) is 19.9 Å². The molecule has 1 aromatic rings.